The van der Waals surface area contributed by atoms with Crippen LogP contribution >= 0.6 is 0 Å². The molecule has 1 heterocycles. The molecule has 0 saturated heterocycles. The molecule has 1 rings (SSSR count). The number of aromatic amines is 1. The molecule has 0 spiro atoms. The monoisotopic (exact) mass is 252 g/mol. The summed E-state index contributed by atoms with van der Waals surface area (Å²) in [6, 6.07) is 1.55. The number of nitrogens with one attached hydrogen (secondary N) is 1. The minimum Gasteiger partial charge on any atom is -0.355 e. The van der Waals surface area contributed by atoms with E-state index in [4.69, 9.17) is 5.73 Å². The minimum absolute atomic E-state index is 0.102. The summed E-state index contributed by atoms with van der Waals surface area (Å²) in [5, 5.41) is 0. The van der Waals surface area contributed by atoms with Crippen molar-refractivity contribution >= 4 is 5.82 Å². The van der Waals surface area contributed by atoms with Crippen molar-refractivity contribution in [2.75, 3.05) is 24.5 Å². The normalized spacial score (nSPS) is 11.3. The second-order valence-electron chi connectivity index (χ2n) is 5.27. The van der Waals surface area contributed by atoms with Crippen molar-refractivity contribution in [3.05, 3.63) is 22.2 Å². The van der Waals surface area contributed by atoms with E-state index in [1.54, 1.807) is 6.07 Å². The van der Waals surface area contributed by atoms with Gasteiger partial charge in [0.05, 0.1) is 0 Å². The van der Waals surface area contributed by atoms with Crippen molar-refractivity contribution in [3.63, 3.8) is 0 Å². The number of nitrogens with zero attached hydrogens (tertiary/aromatic N) is 2. The van der Waals surface area contributed by atoms with Crippen molar-refractivity contribution in [1.82, 2.24) is 9.97 Å². The SMILES string of the molecule is CC(C)CN(CCN)c1cc(=O)[nH]c(C(C)C)n1. The number of hydrogen-bond acceptors (Lipinski definition) is 4. The molecule has 0 aliphatic carbocycles. The molecule has 0 radical (unpaired) electrons. The van der Waals surface area contributed by atoms with Crippen LogP contribution in [-0.2, 0) is 0 Å². The summed E-state index contributed by atoms with van der Waals surface area (Å²) in [6.45, 7) is 10.4. The molecule has 0 saturated carbocycles. The lowest BCUT2D eigenvalue weighted by atomic mass is 10.2. The van der Waals surface area contributed by atoms with Crippen LogP contribution in [-0.4, -0.2) is 29.6 Å². The summed E-state index contributed by atoms with van der Waals surface area (Å²) in [5.74, 6) is 2.15. The van der Waals surface area contributed by atoms with Crippen LogP contribution in [0.2, 0.25) is 0 Å². The van der Waals surface area contributed by atoms with Gasteiger partial charge in [-0.25, -0.2) is 4.98 Å². The Balaban J connectivity index is 3.06. The molecule has 0 aromatic carbocycles. The smallest absolute Gasteiger partial charge is 0.252 e. The lowest BCUT2D eigenvalue weighted by Crippen LogP contribution is -2.34. The van der Waals surface area contributed by atoms with Gasteiger partial charge in [-0.05, 0) is 5.92 Å². The average molecular weight is 252 g/mol. The van der Waals surface area contributed by atoms with Gasteiger partial charge in [0.2, 0.25) is 0 Å². The second-order valence-corrected chi connectivity index (χ2v) is 5.27. The molecule has 3 N–H and O–H groups in total. The van der Waals surface area contributed by atoms with Crippen LogP contribution in [0, 0.1) is 5.92 Å². The molecule has 0 bridgehead atoms. The largest absolute Gasteiger partial charge is 0.355 e. The molecular formula is C13H24N4O. The van der Waals surface area contributed by atoms with E-state index in [1.807, 2.05) is 13.8 Å². The Bertz CT molecular complexity index is 425. The van der Waals surface area contributed by atoms with Gasteiger partial charge in [0.25, 0.3) is 5.56 Å². The molecule has 1 aromatic heterocycles. The average Bonchev–Trinajstić information content (AvgIpc) is 2.27. The van der Waals surface area contributed by atoms with E-state index in [0.29, 0.717) is 19.0 Å². The summed E-state index contributed by atoms with van der Waals surface area (Å²) in [5.41, 5.74) is 5.52. The Hall–Kier alpha value is -1.36. The van der Waals surface area contributed by atoms with Crippen LogP contribution in [0.1, 0.15) is 39.4 Å². The van der Waals surface area contributed by atoms with Crippen molar-refractivity contribution in [1.29, 1.82) is 0 Å². The van der Waals surface area contributed by atoms with E-state index in [0.717, 1.165) is 18.2 Å². The Morgan fingerprint density at radius 1 is 1.39 bits per heavy atom. The molecule has 0 amide bonds. The molecule has 0 unspecified atom stereocenters. The first-order valence-electron chi connectivity index (χ1n) is 6.50. The zero-order valence-corrected chi connectivity index (χ0v) is 11.7. The fourth-order valence-electron chi connectivity index (χ4n) is 1.79. The van der Waals surface area contributed by atoms with E-state index in [9.17, 15) is 4.79 Å². The third kappa shape index (κ3) is 4.14. The molecule has 0 atom stereocenters. The van der Waals surface area contributed by atoms with E-state index in [-0.39, 0.29) is 11.5 Å². The first-order chi connectivity index (χ1) is 8.43. The first-order valence-corrected chi connectivity index (χ1v) is 6.50. The van der Waals surface area contributed by atoms with Gasteiger partial charge in [-0.3, -0.25) is 4.79 Å². The minimum atomic E-state index is -0.102. The Labute approximate surface area is 108 Å². The lowest BCUT2D eigenvalue weighted by Gasteiger charge is -2.25. The molecule has 0 fully saturated rings. The Kier molecular flexibility index (Phi) is 5.34. The fourth-order valence-corrected chi connectivity index (χ4v) is 1.79. The van der Waals surface area contributed by atoms with Gasteiger partial charge in [0.1, 0.15) is 11.6 Å². The van der Waals surface area contributed by atoms with Crippen molar-refractivity contribution < 1.29 is 0 Å². The number of H-pyrrole nitrogens is 1. The summed E-state index contributed by atoms with van der Waals surface area (Å²) < 4.78 is 0. The first kappa shape index (κ1) is 14.7. The molecular weight excluding hydrogens is 228 g/mol. The fraction of sp³-hybridized carbons (Fsp3) is 0.692. The number of nitrogens with two attached hydrogens (primary N) is 1. The van der Waals surface area contributed by atoms with Gasteiger partial charge in [0, 0.05) is 31.6 Å². The van der Waals surface area contributed by atoms with E-state index in [2.05, 4.69) is 28.7 Å². The van der Waals surface area contributed by atoms with Gasteiger partial charge >= 0.3 is 0 Å². The van der Waals surface area contributed by atoms with Crippen LogP contribution < -0.4 is 16.2 Å². The van der Waals surface area contributed by atoms with E-state index < -0.39 is 0 Å². The summed E-state index contributed by atoms with van der Waals surface area (Å²) in [7, 11) is 0. The number of aromatic nitrogens is 2. The highest BCUT2D eigenvalue weighted by atomic mass is 16.1. The van der Waals surface area contributed by atoms with Crippen molar-refractivity contribution in [2.24, 2.45) is 11.7 Å². The predicted molar refractivity (Wildman–Crippen MR) is 75.1 cm³/mol. The van der Waals surface area contributed by atoms with E-state index in [1.165, 1.54) is 0 Å². The number of anilines is 1. The van der Waals surface area contributed by atoms with Gasteiger partial charge in [0.15, 0.2) is 0 Å². The third-order valence-electron chi connectivity index (χ3n) is 2.60. The Morgan fingerprint density at radius 2 is 2.06 bits per heavy atom. The zero-order chi connectivity index (χ0) is 13.7. The van der Waals surface area contributed by atoms with Crippen LogP contribution in [0.15, 0.2) is 10.9 Å². The molecule has 0 aliphatic rings. The third-order valence-corrected chi connectivity index (χ3v) is 2.60. The lowest BCUT2D eigenvalue weighted by molar-refractivity contribution is 0.603. The van der Waals surface area contributed by atoms with Crippen LogP contribution in [0.5, 0.6) is 0 Å². The second kappa shape index (κ2) is 6.54. The van der Waals surface area contributed by atoms with Gasteiger partial charge < -0.3 is 15.6 Å². The maximum atomic E-state index is 11.7. The standard InChI is InChI=1S/C13H24N4O/c1-9(2)8-17(6-5-14)11-7-12(18)16-13(15-11)10(3)4/h7,9-10H,5-6,8,14H2,1-4H3,(H,15,16,18). The summed E-state index contributed by atoms with van der Waals surface area (Å²) in [4.78, 5) is 21.0. The maximum absolute atomic E-state index is 11.7. The molecule has 5 nitrogen and oxygen atoms in total. The summed E-state index contributed by atoms with van der Waals surface area (Å²) in [6.07, 6.45) is 0. The van der Waals surface area contributed by atoms with Gasteiger partial charge in [-0.1, -0.05) is 27.7 Å². The molecule has 102 valence electrons. The van der Waals surface area contributed by atoms with Crippen LogP contribution in [0.4, 0.5) is 5.82 Å². The molecule has 18 heavy (non-hydrogen) atoms. The van der Waals surface area contributed by atoms with E-state index >= 15 is 0 Å². The molecule has 1 aromatic rings. The van der Waals surface area contributed by atoms with Crippen molar-refractivity contribution in [3.8, 4) is 0 Å². The maximum Gasteiger partial charge on any atom is 0.252 e. The molecule has 5 heteroatoms. The van der Waals surface area contributed by atoms with Crippen molar-refractivity contribution in [2.45, 2.75) is 33.6 Å². The molecule has 0 aliphatic heterocycles. The van der Waals surface area contributed by atoms with Gasteiger partial charge in [-0.2, -0.15) is 0 Å². The quantitative estimate of drug-likeness (QED) is 0.800. The van der Waals surface area contributed by atoms with Gasteiger partial charge in [-0.15, -0.1) is 0 Å². The topological polar surface area (TPSA) is 75.0 Å². The van der Waals surface area contributed by atoms with Crippen LogP contribution in [0.3, 0.4) is 0 Å². The predicted octanol–water partition coefficient (Wildman–Crippen LogP) is 1.31. The number of rotatable bonds is 6. The number of hydrogen-bond donors (Lipinski definition) is 2. The summed E-state index contributed by atoms with van der Waals surface area (Å²) >= 11 is 0. The highest BCUT2D eigenvalue weighted by Crippen LogP contribution is 2.14. The highest BCUT2D eigenvalue weighted by molar-refractivity contribution is 5.37. The van der Waals surface area contributed by atoms with Crippen LogP contribution in [0.25, 0.3) is 0 Å². The Morgan fingerprint density at radius 3 is 2.56 bits per heavy atom. The highest BCUT2D eigenvalue weighted by Gasteiger charge is 2.12. The zero-order valence-electron chi connectivity index (χ0n) is 11.7.